The second-order valence-corrected chi connectivity index (χ2v) is 11.5. The van der Waals surface area contributed by atoms with E-state index in [4.69, 9.17) is 11.6 Å². The molecule has 0 aliphatic carbocycles. The highest BCUT2D eigenvalue weighted by atomic mass is 35.5. The second kappa shape index (κ2) is 10.6. The number of hydrogen-bond donors (Lipinski definition) is 1. The third-order valence-electron chi connectivity index (χ3n) is 6.67. The lowest BCUT2D eigenvalue weighted by atomic mass is 9.96. The maximum atomic E-state index is 12.9. The largest absolute Gasteiger partial charge is 0.352 e. The van der Waals surface area contributed by atoms with Crippen LogP contribution in [-0.2, 0) is 16.6 Å². The summed E-state index contributed by atoms with van der Waals surface area (Å²) in [6.45, 7) is 6.66. The first-order valence-electron chi connectivity index (χ1n) is 11.7. The zero-order valence-corrected chi connectivity index (χ0v) is 20.7. The van der Waals surface area contributed by atoms with Gasteiger partial charge in [0.15, 0.2) is 0 Å². The van der Waals surface area contributed by atoms with E-state index in [9.17, 15) is 13.2 Å². The predicted molar refractivity (Wildman–Crippen MR) is 131 cm³/mol. The Kier molecular flexibility index (Phi) is 7.74. The zero-order valence-electron chi connectivity index (χ0n) is 19.1. The number of halogens is 1. The number of aryl methyl sites for hydroxylation is 1. The molecule has 178 valence electrons. The zero-order chi connectivity index (χ0) is 23.4. The summed E-state index contributed by atoms with van der Waals surface area (Å²) in [5.74, 6) is 0.0825. The van der Waals surface area contributed by atoms with Gasteiger partial charge >= 0.3 is 0 Å². The van der Waals surface area contributed by atoms with Crippen molar-refractivity contribution >= 4 is 27.5 Å². The molecule has 33 heavy (non-hydrogen) atoms. The molecule has 2 aromatic carbocycles. The number of amides is 1. The van der Waals surface area contributed by atoms with Gasteiger partial charge in [-0.3, -0.25) is 9.69 Å². The normalized spacial score (nSPS) is 18.5. The van der Waals surface area contributed by atoms with Crippen LogP contribution in [-0.4, -0.2) is 56.3 Å². The van der Waals surface area contributed by atoms with Gasteiger partial charge in [-0.2, -0.15) is 4.31 Å². The van der Waals surface area contributed by atoms with Gasteiger partial charge in [0.05, 0.1) is 15.5 Å². The van der Waals surface area contributed by atoms with E-state index < -0.39 is 10.0 Å². The quantitative estimate of drug-likeness (QED) is 0.636. The number of sulfonamides is 1. The number of nitrogens with one attached hydrogen (secondary N) is 1. The van der Waals surface area contributed by atoms with Crippen LogP contribution in [0.5, 0.6) is 0 Å². The minimum Gasteiger partial charge on any atom is -0.352 e. The van der Waals surface area contributed by atoms with Gasteiger partial charge in [-0.1, -0.05) is 41.4 Å². The van der Waals surface area contributed by atoms with Crippen LogP contribution in [0, 0.1) is 12.8 Å². The van der Waals surface area contributed by atoms with Crippen LogP contribution < -0.4 is 5.32 Å². The van der Waals surface area contributed by atoms with Crippen molar-refractivity contribution in [2.75, 3.05) is 32.7 Å². The fourth-order valence-corrected chi connectivity index (χ4v) is 6.30. The number of carbonyl (C=O) groups is 1. The molecule has 1 amide bonds. The lowest BCUT2D eigenvalue weighted by Gasteiger charge is -2.32. The van der Waals surface area contributed by atoms with E-state index in [1.54, 1.807) is 0 Å². The lowest BCUT2D eigenvalue weighted by Crippen LogP contribution is -2.38. The fraction of sp³-hybridized carbons (Fsp3) is 0.480. The fourth-order valence-electron chi connectivity index (χ4n) is 4.55. The molecular weight excluding hydrogens is 458 g/mol. The van der Waals surface area contributed by atoms with Crippen molar-refractivity contribution in [3.05, 3.63) is 64.2 Å². The number of rotatable bonds is 7. The summed E-state index contributed by atoms with van der Waals surface area (Å²) in [5.41, 5.74) is 2.81. The first kappa shape index (κ1) is 24.2. The Bertz CT molecular complexity index is 1070. The standard InChI is InChI=1S/C25H32ClN3O3S/c1-19-4-6-21(7-5-19)18-28-14-10-20(11-15-28)17-27-25(30)23-16-22(8-9-24(23)26)33(31,32)29-12-2-3-13-29/h4-9,16,20H,2-3,10-15,17-18H2,1H3,(H,27,30). The summed E-state index contributed by atoms with van der Waals surface area (Å²) in [4.78, 5) is 15.4. The average molecular weight is 490 g/mol. The van der Waals surface area contributed by atoms with Crippen LogP contribution >= 0.6 is 11.6 Å². The summed E-state index contributed by atoms with van der Waals surface area (Å²) in [6.07, 6.45) is 3.76. The Morgan fingerprint density at radius 1 is 1.03 bits per heavy atom. The molecule has 0 atom stereocenters. The topological polar surface area (TPSA) is 69.7 Å². The number of benzene rings is 2. The van der Waals surface area contributed by atoms with Crippen LogP contribution in [0.2, 0.25) is 5.02 Å². The van der Waals surface area contributed by atoms with Gasteiger partial charge in [-0.05, 0) is 75.4 Å². The molecular formula is C25H32ClN3O3S. The average Bonchev–Trinajstić information content (AvgIpc) is 3.36. The van der Waals surface area contributed by atoms with Gasteiger partial charge in [-0.15, -0.1) is 0 Å². The number of likely N-dealkylation sites (tertiary alicyclic amines) is 1. The Morgan fingerprint density at radius 2 is 1.70 bits per heavy atom. The molecule has 1 N–H and O–H groups in total. The van der Waals surface area contributed by atoms with Crippen molar-refractivity contribution in [1.82, 2.24) is 14.5 Å². The Balaban J connectivity index is 1.30. The summed E-state index contributed by atoms with van der Waals surface area (Å²) in [5, 5.41) is 3.24. The number of carbonyl (C=O) groups excluding carboxylic acids is 1. The van der Waals surface area contributed by atoms with Crippen molar-refractivity contribution in [1.29, 1.82) is 0 Å². The van der Waals surface area contributed by atoms with Gasteiger partial charge < -0.3 is 5.32 Å². The molecule has 0 saturated carbocycles. The minimum absolute atomic E-state index is 0.128. The monoisotopic (exact) mass is 489 g/mol. The van der Waals surface area contributed by atoms with Gasteiger partial charge in [0.1, 0.15) is 0 Å². The highest BCUT2D eigenvalue weighted by molar-refractivity contribution is 7.89. The molecule has 0 bridgehead atoms. The summed E-state index contributed by atoms with van der Waals surface area (Å²) < 4.78 is 27.2. The second-order valence-electron chi connectivity index (χ2n) is 9.17. The number of hydrogen-bond acceptors (Lipinski definition) is 4. The smallest absolute Gasteiger partial charge is 0.252 e. The van der Waals surface area contributed by atoms with Crippen LogP contribution in [0.15, 0.2) is 47.4 Å². The van der Waals surface area contributed by atoms with Gasteiger partial charge in [0.2, 0.25) is 10.0 Å². The molecule has 2 fully saturated rings. The maximum absolute atomic E-state index is 12.9. The molecule has 2 saturated heterocycles. The van der Waals surface area contributed by atoms with E-state index in [0.29, 0.717) is 25.6 Å². The van der Waals surface area contributed by atoms with Gasteiger partial charge in [0, 0.05) is 26.2 Å². The SMILES string of the molecule is Cc1ccc(CN2CCC(CNC(=O)c3cc(S(=O)(=O)N4CCCC4)ccc3Cl)CC2)cc1. The van der Waals surface area contributed by atoms with E-state index in [1.165, 1.54) is 33.6 Å². The molecule has 0 spiro atoms. The Labute approximate surface area is 202 Å². The molecule has 2 heterocycles. The van der Waals surface area contributed by atoms with Crippen molar-refractivity contribution in [3.63, 3.8) is 0 Å². The Morgan fingerprint density at radius 3 is 2.36 bits per heavy atom. The highest BCUT2D eigenvalue weighted by Crippen LogP contribution is 2.26. The third kappa shape index (κ3) is 5.96. The molecule has 0 unspecified atom stereocenters. The predicted octanol–water partition coefficient (Wildman–Crippen LogP) is 4.07. The van der Waals surface area contributed by atoms with E-state index in [-0.39, 0.29) is 21.4 Å². The van der Waals surface area contributed by atoms with E-state index >= 15 is 0 Å². The van der Waals surface area contributed by atoms with Crippen molar-refractivity contribution in [2.24, 2.45) is 5.92 Å². The van der Waals surface area contributed by atoms with E-state index in [0.717, 1.165) is 45.3 Å². The molecule has 6 nitrogen and oxygen atoms in total. The van der Waals surface area contributed by atoms with Gasteiger partial charge in [-0.25, -0.2) is 8.42 Å². The number of piperidine rings is 1. The van der Waals surface area contributed by atoms with Crippen molar-refractivity contribution in [3.8, 4) is 0 Å². The molecule has 8 heteroatoms. The van der Waals surface area contributed by atoms with Crippen LogP contribution in [0.1, 0.15) is 47.2 Å². The Hall–Kier alpha value is -1.93. The minimum atomic E-state index is -3.59. The maximum Gasteiger partial charge on any atom is 0.252 e. The van der Waals surface area contributed by atoms with Crippen molar-refractivity contribution in [2.45, 2.75) is 44.0 Å². The molecule has 0 radical (unpaired) electrons. The molecule has 4 rings (SSSR count). The van der Waals surface area contributed by atoms with E-state index in [1.807, 2.05) is 0 Å². The molecule has 2 aromatic rings. The number of nitrogens with zero attached hydrogens (tertiary/aromatic N) is 2. The summed E-state index contributed by atoms with van der Waals surface area (Å²) in [7, 11) is -3.59. The van der Waals surface area contributed by atoms with Crippen LogP contribution in [0.3, 0.4) is 0 Å². The van der Waals surface area contributed by atoms with Crippen LogP contribution in [0.4, 0.5) is 0 Å². The first-order valence-corrected chi connectivity index (χ1v) is 13.5. The lowest BCUT2D eigenvalue weighted by molar-refractivity contribution is 0.0935. The van der Waals surface area contributed by atoms with Crippen LogP contribution in [0.25, 0.3) is 0 Å². The van der Waals surface area contributed by atoms with E-state index in [2.05, 4.69) is 41.4 Å². The van der Waals surface area contributed by atoms with Crippen molar-refractivity contribution < 1.29 is 13.2 Å². The first-order chi connectivity index (χ1) is 15.8. The molecule has 2 aliphatic heterocycles. The van der Waals surface area contributed by atoms with Gasteiger partial charge in [0.25, 0.3) is 5.91 Å². The summed E-state index contributed by atoms with van der Waals surface area (Å²) >= 11 is 6.25. The highest BCUT2D eigenvalue weighted by Gasteiger charge is 2.28. The molecule has 2 aliphatic rings. The summed E-state index contributed by atoms with van der Waals surface area (Å²) in [6, 6.07) is 13.1. The third-order valence-corrected chi connectivity index (χ3v) is 8.89. The molecule has 0 aromatic heterocycles.